The molecule has 0 spiro atoms. The molecule has 6 N–H and O–H groups in total. The fraction of sp³-hybridized carbons (Fsp3) is 0.800. The van der Waals surface area contributed by atoms with Gasteiger partial charge in [-0.3, -0.25) is 9.59 Å². The highest BCUT2D eigenvalue weighted by Crippen LogP contribution is 2.26. The summed E-state index contributed by atoms with van der Waals surface area (Å²) in [4.78, 5) is 26.6. The van der Waals surface area contributed by atoms with E-state index in [0.717, 1.165) is 103 Å². The molecule has 1 heterocycles. The molecule has 1 aliphatic rings. The van der Waals surface area contributed by atoms with Gasteiger partial charge in [-0.2, -0.15) is 0 Å². The SMILES string of the molecule is CC/C=C\C/C=C\C/C=C\C/C=C\C/C=C\CCCCCCCCCCCC(=O)OC1C(OCC(NC(=O)C(O)CCCCCCCCCCCCCCCCCC)C(O)/C=C/CCCCCCCCCCC)OC(CO)C(O)C1O. The lowest BCUT2D eigenvalue weighted by Gasteiger charge is -2.41. The van der Waals surface area contributed by atoms with Crippen LogP contribution >= 0.6 is 0 Å². The Hall–Kier alpha value is -2.90. The maximum Gasteiger partial charge on any atom is 0.306 e. The number of aliphatic hydroxyl groups is 5. The Kier molecular flexibility index (Phi) is 54.1. The Morgan fingerprint density at radius 2 is 0.889 bits per heavy atom. The molecule has 1 fully saturated rings. The number of carbonyl (C=O) groups excluding carboxylic acids is 2. The zero-order valence-corrected chi connectivity index (χ0v) is 52.1. The lowest BCUT2D eigenvalue weighted by Crippen LogP contribution is -2.61. The Labute approximate surface area is 496 Å². The predicted molar refractivity (Wildman–Crippen MR) is 338 cm³/mol. The molecule has 1 amide bonds. The molecule has 0 bridgehead atoms. The second-order valence-corrected chi connectivity index (χ2v) is 23.2. The minimum absolute atomic E-state index is 0.115. The lowest BCUT2D eigenvalue weighted by molar-refractivity contribution is -0.305. The van der Waals surface area contributed by atoms with E-state index in [-0.39, 0.29) is 13.0 Å². The molecule has 0 aliphatic carbocycles. The van der Waals surface area contributed by atoms with Gasteiger partial charge in [-0.25, -0.2) is 0 Å². The molecule has 470 valence electrons. The predicted octanol–water partition coefficient (Wildman–Crippen LogP) is 16.7. The van der Waals surface area contributed by atoms with Crippen molar-refractivity contribution in [2.45, 2.75) is 346 Å². The van der Waals surface area contributed by atoms with Gasteiger partial charge in [0, 0.05) is 6.42 Å². The van der Waals surface area contributed by atoms with Crippen molar-refractivity contribution in [1.82, 2.24) is 5.32 Å². The zero-order valence-electron chi connectivity index (χ0n) is 52.1. The number of aliphatic hydroxyl groups excluding tert-OH is 5. The van der Waals surface area contributed by atoms with E-state index in [4.69, 9.17) is 14.2 Å². The topological polar surface area (TPSA) is 175 Å². The first-order valence-corrected chi connectivity index (χ1v) is 33.7. The van der Waals surface area contributed by atoms with Crippen LogP contribution in [-0.2, 0) is 23.8 Å². The van der Waals surface area contributed by atoms with Gasteiger partial charge in [0.05, 0.1) is 25.4 Å². The molecule has 8 unspecified atom stereocenters. The molecule has 8 atom stereocenters. The van der Waals surface area contributed by atoms with E-state index in [9.17, 15) is 35.1 Å². The van der Waals surface area contributed by atoms with Crippen LogP contribution in [0.1, 0.15) is 297 Å². The van der Waals surface area contributed by atoms with E-state index in [1.807, 2.05) is 6.08 Å². The van der Waals surface area contributed by atoms with Crippen LogP contribution in [0.4, 0.5) is 0 Å². The van der Waals surface area contributed by atoms with Gasteiger partial charge in [0.2, 0.25) is 5.91 Å². The third kappa shape index (κ3) is 45.2. The number of esters is 1. The number of carbonyl (C=O) groups is 2. The first-order chi connectivity index (χ1) is 39.7. The van der Waals surface area contributed by atoms with E-state index in [0.29, 0.717) is 19.3 Å². The molecule has 0 aromatic rings. The molecule has 1 aliphatic heterocycles. The molecule has 0 radical (unpaired) electrons. The molecule has 0 aromatic carbocycles. The van der Waals surface area contributed by atoms with Gasteiger partial charge in [0.15, 0.2) is 12.4 Å². The van der Waals surface area contributed by atoms with Crippen molar-refractivity contribution in [3.8, 4) is 0 Å². The molecule has 11 heteroatoms. The lowest BCUT2D eigenvalue weighted by atomic mass is 9.99. The molecular weight excluding hydrogens is 1010 g/mol. The van der Waals surface area contributed by atoms with Gasteiger partial charge < -0.3 is 45.1 Å². The number of nitrogens with one attached hydrogen (secondary N) is 1. The van der Waals surface area contributed by atoms with Gasteiger partial charge in [0.1, 0.15) is 24.4 Å². The first kappa shape index (κ1) is 76.1. The number of amides is 1. The van der Waals surface area contributed by atoms with Crippen LogP contribution in [0, 0.1) is 0 Å². The number of unbranched alkanes of at least 4 members (excludes halogenated alkanes) is 33. The van der Waals surface area contributed by atoms with Crippen LogP contribution in [0.3, 0.4) is 0 Å². The van der Waals surface area contributed by atoms with Crippen LogP contribution in [0.5, 0.6) is 0 Å². The molecule has 0 saturated carbocycles. The summed E-state index contributed by atoms with van der Waals surface area (Å²) in [6.07, 6.45) is 63.7. The van der Waals surface area contributed by atoms with E-state index >= 15 is 0 Å². The average Bonchev–Trinajstić information content (AvgIpc) is 3.52. The summed E-state index contributed by atoms with van der Waals surface area (Å²) in [5.74, 6) is -1.19. The number of ether oxygens (including phenoxy) is 3. The maximum atomic E-state index is 13.4. The zero-order chi connectivity index (χ0) is 58.9. The molecule has 0 aromatic heterocycles. The van der Waals surface area contributed by atoms with Crippen molar-refractivity contribution in [2.24, 2.45) is 0 Å². The van der Waals surface area contributed by atoms with Crippen molar-refractivity contribution in [2.75, 3.05) is 13.2 Å². The molecular formula is C70H125NO10. The van der Waals surface area contributed by atoms with Gasteiger partial charge in [-0.05, 0) is 70.6 Å². The van der Waals surface area contributed by atoms with Crippen LogP contribution in [-0.4, -0.2) is 99.6 Å². The fourth-order valence-corrected chi connectivity index (χ4v) is 10.3. The number of hydrogen-bond acceptors (Lipinski definition) is 10. The van der Waals surface area contributed by atoms with Gasteiger partial charge in [0.25, 0.3) is 0 Å². The largest absolute Gasteiger partial charge is 0.454 e. The minimum atomic E-state index is -1.62. The molecule has 11 nitrogen and oxygen atoms in total. The fourth-order valence-electron chi connectivity index (χ4n) is 10.3. The highest BCUT2D eigenvalue weighted by Gasteiger charge is 2.47. The van der Waals surface area contributed by atoms with Crippen molar-refractivity contribution in [3.63, 3.8) is 0 Å². The smallest absolute Gasteiger partial charge is 0.306 e. The molecule has 1 rings (SSSR count). The number of hydrogen-bond donors (Lipinski definition) is 6. The standard InChI is InChI=1S/C70H125NO10/c1-4-7-10-13-16-19-22-24-26-28-29-30-31-32-33-34-35-36-38-40-43-46-49-52-55-58-65(75)81-68-67(77)66(76)64(59-72)80-70(68)79-60-61(62(73)56-53-50-47-44-41-21-18-15-12-9-6-3)71-69(78)63(74)57-54-51-48-45-42-39-37-27-25-23-20-17-14-11-8-5-2/h7,10,16,19,24,26,29-30,32-33,53,56,61-64,66-68,70,72-74,76-77H,4-6,8-9,11-15,17-18,20-23,25,27-28,31,34-52,54-55,57-60H2,1-3H3,(H,71,78)/b10-7-,19-16-,26-24-,30-29-,33-32-,56-53+. The number of allylic oxidation sites excluding steroid dienone is 11. The van der Waals surface area contributed by atoms with Gasteiger partial charge >= 0.3 is 5.97 Å². The summed E-state index contributed by atoms with van der Waals surface area (Å²) in [6.45, 7) is 5.69. The summed E-state index contributed by atoms with van der Waals surface area (Å²) in [6, 6.07) is -1.02. The molecule has 81 heavy (non-hydrogen) atoms. The molecule has 1 saturated heterocycles. The van der Waals surface area contributed by atoms with Crippen LogP contribution in [0.15, 0.2) is 72.9 Å². The van der Waals surface area contributed by atoms with E-state index < -0.39 is 67.4 Å². The third-order valence-electron chi connectivity index (χ3n) is 15.6. The summed E-state index contributed by atoms with van der Waals surface area (Å²) >= 11 is 0. The number of rotatable bonds is 57. The Bertz CT molecular complexity index is 1590. The first-order valence-electron chi connectivity index (χ1n) is 33.7. The van der Waals surface area contributed by atoms with Crippen LogP contribution in [0.25, 0.3) is 0 Å². The van der Waals surface area contributed by atoms with Gasteiger partial charge in [-0.15, -0.1) is 0 Å². The Morgan fingerprint density at radius 3 is 1.33 bits per heavy atom. The summed E-state index contributed by atoms with van der Waals surface area (Å²) in [5, 5.41) is 57.1. The summed E-state index contributed by atoms with van der Waals surface area (Å²) < 4.78 is 17.7. The highest BCUT2D eigenvalue weighted by atomic mass is 16.7. The van der Waals surface area contributed by atoms with Crippen molar-refractivity contribution in [3.05, 3.63) is 72.9 Å². The quantitative estimate of drug-likeness (QED) is 0.0195. The monoisotopic (exact) mass is 1140 g/mol. The summed E-state index contributed by atoms with van der Waals surface area (Å²) in [7, 11) is 0. The van der Waals surface area contributed by atoms with Crippen LogP contribution in [0.2, 0.25) is 0 Å². The highest BCUT2D eigenvalue weighted by molar-refractivity contribution is 5.80. The van der Waals surface area contributed by atoms with Crippen molar-refractivity contribution in [1.29, 1.82) is 0 Å². The van der Waals surface area contributed by atoms with Crippen molar-refractivity contribution >= 4 is 11.9 Å². The maximum absolute atomic E-state index is 13.4. The second-order valence-electron chi connectivity index (χ2n) is 23.2. The minimum Gasteiger partial charge on any atom is -0.454 e. The second kappa shape index (κ2) is 57.5. The van der Waals surface area contributed by atoms with Crippen molar-refractivity contribution < 1.29 is 49.3 Å². The summed E-state index contributed by atoms with van der Waals surface area (Å²) in [5.41, 5.74) is 0. The van der Waals surface area contributed by atoms with Crippen LogP contribution < -0.4 is 5.32 Å². The van der Waals surface area contributed by atoms with E-state index in [2.05, 4.69) is 86.8 Å². The Morgan fingerprint density at radius 1 is 0.494 bits per heavy atom. The third-order valence-corrected chi connectivity index (χ3v) is 15.6. The average molecular weight is 1140 g/mol. The normalized spacial score (nSPS) is 19.1. The Balaban J connectivity index is 2.58. The van der Waals surface area contributed by atoms with Gasteiger partial charge in [-0.1, -0.05) is 293 Å². The van der Waals surface area contributed by atoms with E-state index in [1.54, 1.807) is 6.08 Å². The van der Waals surface area contributed by atoms with E-state index in [1.165, 1.54) is 148 Å².